The third-order valence-corrected chi connectivity index (χ3v) is 6.66. The van der Waals surface area contributed by atoms with Crippen LogP contribution in [0.15, 0.2) is 29.1 Å². The summed E-state index contributed by atoms with van der Waals surface area (Å²) in [5.41, 5.74) is 1.22. The van der Waals surface area contributed by atoms with Gasteiger partial charge in [-0.2, -0.15) is 0 Å². The SMILES string of the molecule is Cc1nocc1C(=O)N1CCN2C(=O)c3cccn3CC12C1CCCCC1. The van der Waals surface area contributed by atoms with Crippen LogP contribution in [0.3, 0.4) is 0 Å². The predicted molar refractivity (Wildman–Crippen MR) is 97.1 cm³/mol. The first-order valence-corrected chi connectivity index (χ1v) is 9.83. The second-order valence-corrected chi connectivity index (χ2v) is 7.96. The van der Waals surface area contributed by atoms with Gasteiger partial charge in [-0.3, -0.25) is 9.59 Å². The Balaban J connectivity index is 1.63. The first kappa shape index (κ1) is 16.6. The molecule has 1 unspecified atom stereocenters. The first-order valence-electron chi connectivity index (χ1n) is 9.83. The van der Waals surface area contributed by atoms with E-state index in [0.717, 1.165) is 31.4 Å². The van der Waals surface area contributed by atoms with Crippen molar-refractivity contribution in [1.82, 2.24) is 19.5 Å². The minimum Gasteiger partial charge on any atom is -0.364 e. The summed E-state index contributed by atoms with van der Waals surface area (Å²) in [7, 11) is 0. The van der Waals surface area contributed by atoms with Crippen molar-refractivity contribution in [3.8, 4) is 0 Å². The molecule has 7 heteroatoms. The fourth-order valence-electron chi connectivity index (χ4n) is 5.37. The molecule has 2 aliphatic heterocycles. The molecule has 0 spiro atoms. The zero-order chi connectivity index (χ0) is 18.6. The first-order chi connectivity index (χ1) is 13.1. The molecule has 27 heavy (non-hydrogen) atoms. The van der Waals surface area contributed by atoms with E-state index in [2.05, 4.69) is 5.16 Å². The Morgan fingerprint density at radius 1 is 1.26 bits per heavy atom. The Labute approximate surface area is 157 Å². The summed E-state index contributed by atoms with van der Waals surface area (Å²) in [5, 5.41) is 3.88. The van der Waals surface area contributed by atoms with E-state index >= 15 is 0 Å². The van der Waals surface area contributed by atoms with Crippen LogP contribution in [0.5, 0.6) is 0 Å². The van der Waals surface area contributed by atoms with E-state index in [0.29, 0.717) is 30.9 Å². The van der Waals surface area contributed by atoms with Gasteiger partial charge in [0, 0.05) is 25.2 Å². The molecule has 1 saturated heterocycles. The largest absolute Gasteiger partial charge is 0.364 e. The second-order valence-electron chi connectivity index (χ2n) is 7.96. The number of aryl methyl sites for hydroxylation is 1. The fraction of sp³-hybridized carbons (Fsp3) is 0.550. The molecule has 4 heterocycles. The summed E-state index contributed by atoms with van der Waals surface area (Å²) in [6.07, 6.45) is 9.03. The Hall–Kier alpha value is -2.57. The molecule has 2 aromatic rings. The standard InChI is InChI=1S/C20H24N4O3/c1-14-16(12-27-21-14)18(25)23-10-11-24-19(26)17-8-5-9-22(17)13-20(23,24)15-6-3-2-4-7-15/h5,8-9,12,15H,2-4,6-7,10-11,13H2,1H3. The summed E-state index contributed by atoms with van der Waals surface area (Å²) in [6.45, 7) is 3.56. The van der Waals surface area contributed by atoms with Crippen LogP contribution in [-0.4, -0.2) is 50.1 Å². The van der Waals surface area contributed by atoms with E-state index < -0.39 is 5.66 Å². The van der Waals surface area contributed by atoms with E-state index in [-0.39, 0.29) is 17.7 Å². The van der Waals surface area contributed by atoms with Crippen molar-refractivity contribution in [1.29, 1.82) is 0 Å². The van der Waals surface area contributed by atoms with Crippen molar-refractivity contribution in [3.05, 3.63) is 41.5 Å². The summed E-state index contributed by atoms with van der Waals surface area (Å²) in [5.74, 6) is 0.247. The van der Waals surface area contributed by atoms with Crippen LogP contribution in [0, 0.1) is 12.8 Å². The number of fused-ring (bicyclic) bond motifs is 2. The average molecular weight is 368 g/mol. The second kappa shape index (κ2) is 5.97. The van der Waals surface area contributed by atoms with E-state index in [4.69, 9.17) is 4.52 Å². The molecular formula is C20H24N4O3. The number of nitrogens with zero attached hydrogens (tertiary/aromatic N) is 4. The molecule has 2 amide bonds. The van der Waals surface area contributed by atoms with E-state index in [1.165, 1.54) is 12.7 Å². The molecule has 2 fully saturated rings. The maximum Gasteiger partial charge on any atom is 0.272 e. The van der Waals surface area contributed by atoms with Gasteiger partial charge in [0.25, 0.3) is 11.8 Å². The van der Waals surface area contributed by atoms with Crippen LogP contribution in [-0.2, 0) is 6.54 Å². The predicted octanol–water partition coefficient (Wildman–Crippen LogP) is 2.67. The van der Waals surface area contributed by atoms with Gasteiger partial charge >= 0.3 is 0 Å². The Kier molecular flexibility index (Phi) is 3.67. The van der Waals surface area contributed by atoms with Gasteiger partial charge in [0.1, 0.15) is 23.2 Å². The molecule has 1 aliphatic carbocycles. The highest BCUT2D eigenvalue weighted by molar-refractivity contribution is 5.98. The lowest BCUT2D eigenvalue weighted by molar-refractivity contribution is -0.0477. The number of rotatable bonds is 2. The monoisotopic (exact) mass is 368 g/mol. The lowest BCUT2D eigenvalue weighted by Crippen LogP contribution is -2.66. The number of hydrogen-bond donors (Lipinski definition) is 0. The van der Waals surface area contributed by atoms with Crippen molar-refractivity contribution in [2.75, 3.05) is 13.1 Å². The van der Waals surface area contributed by atoms with Gasteiger partial charge in [0.2, 0.25) is 0 Å². The van der Waals surface area contributed by atoms with Crippen molar-refractivity contribution >= 4 is 11.8 Å². The van der Waals surface area contributed by atoms with E-state index in [1.807, 2.05) is 32.7 Å². The van der Waals surface area contributed by atoms with Crippen LogP contribution in [0.2, 0.25) is 0 Å². The number of amides is 2. The third-order valence-electron chi connectivity index (χ3n) is 6.66. The van der Waals surface area contributed by atoms with Crippen LogP contribution in [0.1, 0.15) is 58.6 Å². The highest BCUT2D eigenvalue weighted by Crippen LogP contribution is 2.46. The summed E-state index contributed by atoms with van der Waals surface area (Å²) in [6, 6.07) is 3.79. The van der Waals surface area contributed by atoms with Crippen LogP contribution < -0.4 is 0 Å². The Morgan fingerprint density at radius 2 is 2.07 bits per heavy atom. The zero-order valence-corrected chi connectivity index (χ0v) is 15.6. The van der Waals surface area contributed by atoms with E-state index in [1.54, 1.807) is 6.92 Å². The number of carbonyl (C=O) groups excluding carboxylic acids is 2. The lowest BCUT2D eigenvalue weighted by Gasteiger charge is -2.52. The van der Waals surface area contributed by atoms with Crippen molar-refractivity contribution < 1.29 is 14.1 Å². The van der Waals surface area contributed by atoms with Gasteiger partial charge in [-0.15, -0.1) is 0 Å². The minimum atomic E-state index is -0.593. The smallest absolute Gasteiger partial charge is 0.272 e. The normalized spacial score (nSPS) is 25.6. The molecule has 0 bridgehead atoms. The van der Waals surface area contributed by atoms with Crippen molar-refractivity contribution in [2.24, 2.45) is 5.92 Å². The maximum absolute atomic E-state index is 13.5. The summed E-state index contributed by atoms with van der Waals surface area (Å²) < 4.78 is 7.05. The third kappa shape index (κ3) is 2.23. The molecule has 0 N–H and O–H groups in total. The van der Waals surface area contributed by atoms with Gasteiger partial charge in [0.05, 0.1) is 12.2 Å². The van der Waals surface area contributed by atoms with Crippen LogP contribution in [0.4, 0.5) is 0 Å². The number of hydrogen-bond acceptors (Lipinski definition) is 4. The molecule has 7 nitrogen and oxygen atoms in total. The number of aromatic nitrogens is 2. The van der Waals surface area contributed by atoms with Crippen molar-refractivity contribution in [2.45, 2.75) is 51.2 Å². The average Bonchev–Trinajstić information content (AvgIpc) is 3.40. The molecule has 1 saturated carbocycles. The fourth-order valence-corrected chi connectivity index (χ4v) is 5.37. The van der Waals surface area contributed by atoms with E-state index in [9.17, 15) is 9.59 Å². The van der Waals surface area contributed by atoms with Gasteiger partial charge < -0.3 is 18.9 Å². The van der Waals surface area contributed by atoms with Gasteiger partial charge in [-0.05, 0) is 31.9 Å². The highest BCUT2D eigenvalue weighted by atomic mass is 16.5. The Morgan fingerprint density at radius 3 is 2.81 bits per heavy atom. The topological polar surface area (TPSA) is 71.6 Å². The molecule has 5 rings (SSSR count). The summed E-state index contributed by atoms with van der Waals surface area (Å²) in [4.78, 5) is 30.6. The Bertz CT molecular complexity index is 895. The van der Waals surface area contributed by atoms with Gasteiger partial charge in [-0.25, -0.2) is 0 Å². The molecule has 142 valence electrons. The van der Waals surface area contributed by atoms with Crippen LogP contribution >= 0.6 is 0 Å². The molecule has 3 aliphatic rings. The van der Waals surface area contributed by atoms with Gasteiger partial charge in [-0.1, -0.05) is 24.4 Å². The molecule has 0 radical (unpaired) electrons. The molecule has 1 atom stereocenters. The maximum atomic E-state index is 13.5. The van der Waals surface area contributed by atoms with Gasteiger partial charge in [0.15, 0.2) is 0 Å². The molecule has 0 aromatic carbocycles. The van der Waals surface area contributed by atoms with Crippen molar-refractivity contribution in [3.63, 3.8) is 0 Å². The lowest BCUT2D eigenvalue weighted by atomic mass is 9.77. The summed E-state index contributed by atoms with van der Waals surface area (Å²) >= 11 is 0. The molecular weight excluding hydrogens is 344 g/mol. The number of carbonyl (C=O) groups is 2. The quantitative estimate of drug-likeness (QED) is 0.817. The van der Waals surface area contributed by atoms with Crippen LogP contribution in [0.25, 0.3) is 0 Å². The zero-order valence-electron chi connectivity index (χ0n) is 15.6. The minimum absolute atomic E-state index is 0.0363. The molecule has 2 aromatic heterocycles. The highest BCUT2D eigenvalue weighted by Gasteiger charge is 2.58.